The summed E-state index contributed by atoms with van der Waals surface area (Å²) < 4.78 is 30.2. The largest absolute Gasteiger partial charge is 0.465 e. The lowest BCUT2D eigenvalue weighted by molar-refractivity contribution is 0.0601. The van der Waals surface area contributed by atoms with Gasteiger partial charge < -0.3 is 15.4 Å². The molecule has 9 heteroatoms. The molecule has 0 saturated carbocycles. The van der Waals surface area contributed by atoms with Crippen molar-refractivity contribution in [3.8, 4) is 0 Å². The minimum Gasteiger partial charge on any atom is -0.465 e. The lowest BCUT2D eigenvalue weighted by Gasteiger charge is -2.14. The molecule has 26 heavy (non-hydrogen) atoms. The SMILES string of the molecule is COC(=O)c1cccc(NC(=S)Nc2cccc(S(=O)(=O)N(C)C)c2)c1. The van der Waals surface area contributed by atoms with Gasteiger partial charge in [-0.2, -0.15) is 0 Å². The van der Waals surface area contributed by atoms with Crippen LogP contribution >= 0.6 is 12.2 Å². The van der Waals surface area contributed by atoms with E-state index in [0.717, 1.165) is 4.31 Å². The minimum absolute atomic E-state index is 0.156. The smallest absolute Gasteiger partial charge is 0.337 e. The Morgan fingerprint density at radius 1 is 1.04 bits per heavy atom. The van der Waals surface area contributed by atoms with Gasteiger partial charge in [-0.1, -0.05) is 12.1 Å². The Morgan fingerprint density at radius 3 is 2.19 bits per heavy atom. The van der Waals surface area contributed by atoms with Crippen molar-refractivity contribution < 1.29 is 17.9 Å². The highest BCUT2D eigenvalue weighted by atomic mass is 32.2. The number of ether oxygens (including phenoxy) is 1. The van der Waals surface area contributed by atoms with Gasteiger partial charge in [0.2, 0.25) is 10.0 Å². The number of nitrogens with zero attached hydrogens (tertiary/aromatic N) is 1. The summed E-state index contributed by atoms with van der Waals surface area (Å²) in [6, 6.07) is 13.0. The summed E-state index contributed by atoms with van der Waals surface area (Å²) in [6.07, 6.45) is 0. The number of thiocarbonyl (C=S) groups is 1. The number of hydrogen-bond acceptors (Lipinski definition) is 5. The van der Waals surface area contributed by atoms with Gasteiger partial charge in [-0.25, -0.2) is 17.5 Å². The number of hydrogen-bond donors (Lipinski definition) is 2. The van der Waals surface area contributed by atoms with E-state index >= 15 is 0 Å². The first-order chi connectivity index (χ1) is 12.2. The second-order valence-corrected chi connectivity index (χ2v) is 8.03. The quantitative estimate of drug-likeness (QED) is 0.596. The van der Waals surface area contributed by atoms with Crippen LogP contribution in [0.15, 0.2) is 53.4 Å². The molecule has 0 amide bonds. The van der Waals surface area contributed by atoms with Gasteiger partial charge in [0.05, 0.1) is 17.6 Å². The maximum absolute atomic E-state index is 12.2. The standard InChI is InChI=1S/C17H19N3O4S2/c1-20(2)26(22,23)15-9-5-8-14(11-15)19-17(25)18-13-7-4-6-12(10-13)16(21)24-3/h4-11H,1-3H3,(H2,18,19,25). The van der Waals surface area contributed by atoms with E-state index in [1.165, 1.54) is 33.3 Å². The van der Waals surface area contributed by atoms with E-state index in [1.807, 2.05) is 0 Å². The summed E-state index contributed by atoms with van der Waals surface area (Å²) in [7, 11) is 0.711. The Bertz CT molecular complexity index is 927. The molecule has 7 nitrogen and oxygen atoms in total. The maximum atomic E-state index is 12.2. The predicted octanol–water partition coefficient (Wildman–Crippen LogP) is 2.53. The van der Waals surface area contributed by atoms with Crippen LogP contribution in [0.2, 0.25) is 0 Å². The Hall–Kier alpha value is -2.49. The predicted molar refractivity (Wildman–Crippen MR) is 105 cm³/mol. The van der Waals surface area contributed by atoms with Crippen molar-refractivity contribution in [1.29, 1.82) is 0 Å². The molecule has 0 aliphatic rings. The topological polar surface area (TPSA) is 87.7 Å². The molecule has 0 bridgehead atoms. The van der Waals surface area contributed by atoms with Crippen molar-refractivity contribution in [2.75, 3.05) is 31.8 Å². The molecular weight excluding hydrogens is 374 g/mol. The highest BCUT2D eigenvalue weighted by molar-refractivity contribution is 7.89. The molecule has 0 spiro atoms. The van der Waals surface area contributed by atoms with Crippen LogP contribution in [-0.4, -0.2) is 45.0 Å². The molecule has 0 saturated heterocycles. The summed E-state index contributed by atoms with van der Waals surface area (Å²) in [5.74, 6) is -0.450. The third kappa shape index (κ3) is 4.78. The van der Waals surface area contributed by atoms with Crippen LogP contribution in [-0.2, 0) is 14.8 Å². The summed E-state index contributed by atoms with van der Waals surface area (Å²) in [6.45, 7) is 0. The van der Waals surface area contributed by atoms with E-state index in [2.05, 4.69) is 15.4 Å². The zero-order valence-corrected chi connectivity index (χ0v) is 16.1. The second-order valence-electron chi connectivity index (χ2n) is 5.47. The summed E-state index contributed by atoms with van der Waals surface area (Å²) in [5.41, 5.74) is 1.51. The molecule has 0 aromatic heterocycles. The zero-order valence-electron chi connectivity index (χ0n) is 14.5. The molecule has 0 heterocycles. The molecule has 2 aromatic carbocycles. The summed E-state index contributed by atoms with van der Waals surface area (Å²) >= 11 is 5.25. The van der Waals surface area contributed by atoms with Crippen LogP contribution in [0.4, 0.5) is 11.4 Å². The zero-order chi connectivity index (χ0) is 19.3. The summed E-state index contributed by atoms with van der Waals surface area (Å²) in [4.78, 5) is 11.7. The number of nitrogens with one attached hydrogen (secondary N) is 2. The first-order valence-electron chi connectivity index (χ1n) is 7.53. The molecule has 2 N–H and O–H groups in total. The molecule has 2 rings (SSSR count). The number of rotatable bonds is 5. The van der Waals surface area contributed by atoms with E-state index in [-0.39, 0.29) is 10.0 Å². The molecule has 0 fully saturated rings. The van der Waals surface area contributed by atoms with E-state index in [4.69, 9.17) is 12.2 Å². The molecule has 0 aliphatic heterocycles. The molecular formula is C17H19N3O4S2. The number of anilines is 2. The van der Waals surface area contributed by atoms with Crippen molar-refractivity contribution in [2.45, 2.75) is 4.90 Å². The van der Waals surface area contributed by atoms with Gasteiger partial charge >= 0.3 is 5.97 Å². The number of methoxy groups -OCH3 is 1. The van der Waals surface area contributed by atoms with E-state index in [0.29, 0.717) is 16.9 Å². The Balaban J connectivity index is 2.13. The third-order valence-electron chi connectivity index (χ3n) is 3.41. The molecule has 0 unspecified atom stereocenters. The van der Waals surface area contributed by atoms with Crippen molar-refractivity contribution in [3.63, 3.8) is 0 Å². The lowest BCUT2D eigenvalue weighted by Crippen LogP contribution is -2.23. The monoisotopic (exact) mass is 393 g/mol. The van der Waals surface area contributed by atoms with Crippen LogP contribution in [0.5, 0.6) is 0 Å². The first kappa shape index (κ1) is 19.8. The van der Waals surface area contributed by atoms with Gasteiger partial charge in [-0.3, -0.25) is 0 Å². The lowest BCUT2D eigenvalue weighted by atomic mass is 10.2. The third-order valence-corrected chi connectivity index (χ3v) is 5.43. The molecule has 2 aromatic rings. The highest BCUT2D eigenvalue weighted by Crippen LogP contribution is 2.18. The second kappa shape index (κ2) is 8.26. The van der Waals surface area contributed by atoms with E-state index in [9.17, 15) is 13.2 Å². The van der Waals surface area contributed by atoms with Gasteiger partial charge in [0.15, 0.2) is 5.11 Å². The average molecular weight is 393 g/mol. The fraction of sp³-hybridized carbons (Fsp3) is 0.176. The van der Waals surface area contributed by atoms with Gasteiger partial charge in [-0.05, 0) is 48.6 Å². The molecule has 0 atom stereocenters. The molecule has 0 aliphatic carbocycles. The van der Waals surface area contributed by atoms with Crippen molar-refractivity contribution in [1.82, 2.24) is 4.31 Å². The number of benzene rings is 2. The molecule has 138 valence electrons. The van der Waals surface area contributed by atoms with Gasteiger partial charge in [0.25, 0.3) is 0 Å². The summed E-state index contributed by atoms with van der Waals surface area (Å²) in [5, 5.41) is 6.13. The van der Waals surface area contributed by atoms with Gasteiger partial charge in [0.1, 0.15) is 0 Å². The maximum Gasteiger partial charge on any atom is 0.337 e. The average Bonchev–Trinajstić information content (AvgIpc) is 2.61. The fourth-order valence-corrected chi connectivity index (χ4v) is 3.26. The van der Waals surface area contributed by atoms with Crippen LogP contribution in [0.3, 0.4) is 0 Å². The van der Waals surface area contributed by atoms with Crippen molar-refractivity contribution in [3.05, 3.63) is 54.1 Å². The Labute approximate surface area is 158 Å². The number of esters is 1. The van der Waals surface area contributed by atoms with Crippen LogP contribution in [0.25, 0.3) is 0 Å². The van der Waals surface area contributed by atoms with Crippen molar-refractivity contribution in [2.24, 2.45) is 0 Å². The molecule has 0 radical (unpaired) electrons. The fourth-order valence-electron chi connectivity index (χ4n) is 2.08. The highest BCUT2D eigenvalue weighted by Gasteiger charge is 2.17. The number of carbonyl (C=O) groups excluding carboxylic acids is 1. The Kier molecular flexibility index (Phi) is 6.30. The van der Waals surface area contributed by atoms with Crippen LogP contribution in [0.1, 0.15) is 10.4 Å². The van der Waals surface area contributed by atoms with E-state index < -0.39 is 16.0 Å². The normalized spacial score (nSPS) is 11.1. The van der Waals surface area contributed by atoms with Crippen molar-refractivity contribution >= 4 is 44.7 Å². The van der Waals surface area contributed by atoms with Crippen LogP contribution in [0, 0.1) is 0 Å². The van der Waals surface area contributed by atoms with Gasteiger partial charge in [0, 0.05) is 25.5 Å². The van der Waals surface area contributed by atoms with Gasteiger partial charge in [-0.15, -0.1) is 0 Å². The Morgan fingerprint density at radius 2 is 1.62 bits per heavy atom. The number of carbonyl (C=O) groups is 1. The minimum atomic E-state index is -3.53. The number of sulfonamides is 1. The first-order valence-corrected chi connectivity index (χ1v) is 9.38. The van der Waals surface area contributed by atoms with E-state index in [1.54, 1.807) is 36.4 Å². The van der Waals surface area contributed by atoms with Crippen LogP contribution < -0.4 is 10.6 Å².